The predicted molar refractivity (Wildman–Crippen MR) is 228 cm³/mol. The van der Waals surface area contributed by atoms with Crippen molar-refractivity contribution < 1.29 is 29.7 Å². The van der Waals surface area contributed by atoms with E-state index in [-0.39, 0.29) is 17.8 Å². The molecule has 0 spiro atoms. The minimum atomic E-state index is -0.791. The van der Waals surface area contributed by atoms with Crippen LogP contribution < -0.4 is 16.0 Å². The number of hydrogen-bond acceptors (Lipinski definition) is 9. The van der Waals surface area contributed by atoms with Gasteiger partial charge >= 0.3 is 17.9 Å². The Morgan fingerprint density at radius 2 is 1.03 bits per heavy atom. The van der Waals surface area contributed by atoms with Crippen LogP contribution in [0, 0.1) is 35.5 Å². The molecule has 0 aliphatic carbocycles. The maximum atomic E-state index is 12.5. The number of para-hydroxylation sites is 2. The second-order valence-electron chi connectivity index (χ2n) is 17.4. The van der Waals surface area contributed by atoms with Crippen molar-refractivity contribution in [2.45, 2.75) is 58.2 Å². The van der Waals surface area contributed by atoms with Crippen molar-refractivity contribution in [3.8, 4) is 0 Å². The quantitative estimate of drug-likeness (QED) is 0.0741. The molecule has 8 rings (SSSR count). The van der Waals surface area contributed by atoms with Crippen LogP contribution in [0.15, 0.2) is 60.7 Å². The van der Waals surface area contributed by atoms with Crippen LogP contribution in [-0.2, 0) is 67.4 Å². The Labute approximate surface area is 350 Å². The van der Waals surface area contributed by atoms with Crippen LogP contribution in [0.4, 0.5) is 0 Å². The lowest BCUT2D eigenvalue weighted by atomic mass is 9.86. The van der Waals surface area contributed by atoms with Gasteiger partial charge in [-0.05, 0) is 117 Å². The molecule has 14 nitrogen and oxygen atoms in total. The van der Waals surface area contributed by atoms with Gasteiger partial charge in [0.15, 0.2) is 0 Å². The van der Waals surface area contributed by atoms with Crippen molar-refractivity contribution in [2.24, 2.45) is 49.6 Å². The van der Waals surface area contributed by atoms with Crippen molar-refractivity contribution in [3.63, 3.8) is 0 Å². The summed E-state index contributed by atoms with van der Waals surface area (Å²) >= 11 is 0. The Morgan fingerprint density at radius 3 is 1.45 bits per heavy atom. The number of hydrogen-bond donors (Lipinski definition) is 6. The predicted octanol–water partition coefficient (Wildman–Crippen LogP) is 4.22. The largest absolute Gasteiger partial charge is 0.481 e. The number of nitrogens with zero attached hydrogens (tertiary/aromatic N) is 5. The molecule has 0 radical (unpaired) electrons. The standard InChI is InChI=1S/C46H58N8O6/c1-52-40(20-36(45(57)58)31-13-16-48-23-31)50-38-10-4-8-33(42(38)52)26-54(25-29-7-3-6-28(18-29)19-35(44(55)56)30-12-15-47-22-30)27-34-9-5-11-39-43(34)53(2)41(51-39)21-37(46(59)60)32-14-17-49-24-32/h3-11,18,30-32,35-37,47-49H,12-17,19-27H2,1-2H3,(H,55,56)(H,57,58)(H,59,60). The van der Waals surface area contributed by atoms with Crippen LogP contribution >= 0.6 is 0 Å². The van der Waals surface area contributed by atoms with E-state index in [1.54, 1.807) is 0 Å². The fourth-order valence-corrected chi connectivity index (χ4v) is 10.3. The van der Waals surface area contributed by atoms with Gasteiger partial charge in [0, 0.05) is 46.6 Å². The normalized spacial score (nSPS) is 20.9. The first-order valence-electron chi connectivity index (χ1n) is 21.5. The molecule has 5 aromatic rings. The van der Waals surface area contributed by atoms with Gasteiger partial charge in [-0.15, -0.1) is 0 Å². The topological polar surface area (TPSA) is 187 Å². The molecule has 2 aromatic heterocycles. The van der Waals surface area contributed by atoms with E-state index in [0.717, 1.165) is 101 Å². The van der Waals surface area contributed by atoms with E-state index in [4.69, 9.17) is 9.97 Å². The second kappa shape index (κ2) is 18.2. The van der Waals surface area contributed by atoms with Crippen LogP contribution in [0.1, 0.15) is 53.2 Å². The van der Waals surface area contributed by atoms with E-state index in [2.05, 4.69) is 54.2 Å². The molecule has 14 heteroatoms. The Kier molecular flexibility index (Phi) is 12.6. The zero-order valence-electron chi connectivity index (χ0n) is 34.6. The zero-order chi connectivity index (χ0) is 41.9. The molecule has 60 heavy (non-hydrogen) atoms. The van der Waals surface area contributed by atoms with Gasteiger partial charge in [0.25, 0.3) is 0 Å². The molecule has 3 aromatic carbocycles. The average Bonchev–Trinajstić information content (AvgIpc) is 4.08. The summed E-state index contributed by atoms with van der Waals surface area (Å²) in [5, 5.41) is 40.6. The third kappa shape index (κ3) is 8.97. The van der Waals surface area contributed by atoms with E-state index >= 15 is 0 Å². The molecule has 318 valence electrons. The zero-order valence-corrected chi connectivity index (χ0v) is 34.6. The number of imidazole rings is 2. The highest BCUT2D eigenvalue weighted by molar-refractivity contribution is 5.81. The Morgan fingerprint density at radius 1 is 0.617 bits per heavy atom. The van der Waals surface area contributed by atoms with Crippen LogP contribution in [-0.4, -0.2) is 96.5 Å². The first-order chi connectivity index (χ1) is 29.0. The molecule has 5 heterocycles. The number of fused-ring (bicyclic) bond motifs is 2. The van der Waals surface area contributed by atoms with E-state index in [0.29, 0.717) is 52.0 Å². The molecular weight excluding hydrogens is 761 g/mol. The highest BCUT2D eigenvalue weighted by Gasteiger charge is 2.34. The van der Waals surface area contributed by atoms with Crippen molar-refractivity contribution in [1.82, 2.24) is 40.0 Å². The van der Waals surface area contributed by atoms with E-state index in [1.807, 2.05) is 50.5 Å². The lowest BCUT2D eigenvalue weighted by Gasteiger charge is -2.25. The SMILES string of the molecule is Cn1c(CC(C(=O)O)C2CCNC2)nc2cccc(CN(Cc3cccc(CC(C(=O)O)C4CCNC4)c3)Cc3cccc4nc(CC(C(=O)O)C5CCNC5)n(C)c34)c21. The Balaban J connectivity index is 1.12. The number of rotatable bonds is 18. The third-order valence-electron chi connectivity index (χ3n) is 13.5. The van der Waals surface area contributed by atoms with Gasteiger partial charge in [0.05, 0.1) is 39.8 Å². The lowest BCUT2D eigenvalue weighted by molar-refractivity contribution is -0.144. The summed E-state index contributed by atoms with van der Waals surface area (Å²) < 4.78 is 4.14. The number of nitrogens with one attached hydrogen (secondary N) is 3. The van der Waals surface area contributed by atoms with Gasteiger partial charge in [0.2, 0.25) is 0 Å². The lowest BCUT2D eigenvalue weighted by Crippen LogP contribution is -2.28. The molecule has 0 saturated carbocycles. The molecule has 6 atom stereocenters. The van der Waals surface area contributed by atoms with Crippen LogP contribution in [0.5, 0.6) is 0 Å². The number of aryl methyl sites for hydroxylation is 2. The molecular formula is C46H58N8O6. The monoisotopic (exact) mass is 818 g/mol. The van der Waals surface area contributed by atoms with Crippen molar-refractivity contribution >= 4 is 40.0 Å². The molecule has 3 aliphatic heterocycles. The average molecular weight is 819 g/mol. The number of carboxylic acids is 3. The maximum absolute atomic E-state index is 12.5. The summed E-state index contributed by atoms with van der Waals surface area (Å²) in [4.78, 5) is 49.8. The summed E-state index contributed by atoms with van der Waals surface area (Å²) in [6.45, 7) is 6.28. The summed E-state index contributed by atoms with van der Waals surface area (Å²) in [5.74, 6) is -2.15. The highest BCUT2D eigenvalue weighted by atomic mass is 16.4. The van der Waals surface area contributed by atoms with Crippen LogP contribution in [0.3, 0.4) is 0 Å². The summed E-state index contributed by atoms with van der Waals surface area (Å²) in [7, 11) is 3.97. The second-order valence-corrected chi connectivity index (χ2v) is 17.4. The Bertz CT molecular complexity index is 2220. The first kappa shape index (κ1) is 41.6. The summed E-state index contributed by atoms with van der Waals surface area (Å²) in [5.41, 5.74) is 7.78. The summed E-state index contributed by atoms with van der Waals surface area (Å²) in [6, 6.07) is 20.5. The van der Waals surface area contributed by atoms with Crippen LogP contribution in [0.25, 0.3) is 22.1 Å². The smallest absolute Gasteiger partial charge is 0.307 e. The van der Waals surface area contributed by atoms with Gasteiger partial charge < -0.3 is 40.4 Å². The van der Waals surface area contributed by atoms with Gasteiger partial charge in [-0.2, -0.15) is 0 Å². The molecule has 3 saturated heterocycles. The molecule has 0 bridgehead atoms. The van der Waals surface area contributed by atoms with E-state index < -0.39 is 35.7 Å². The third-order valence-corrected chi connectivity index (χ3v) is 13.5. The highest BCUT2D eigenvalue weighted by Crippen LogP contribution is 2.31. The number of aromatic nitrogens is 4. The number of carboxylic acid groups (broad SMARTS) is 3. The number of aliphatic carboxylic acids is 3. The number of carbonyl (C=O) groups is 3. The van der Waals surface area contributed by atoms with Gasteiger partial charge in [-0.25, -0.2) is 9.97 Å². The maximum Gasteiger partial charge on any atom is 0.307 e. The van der Waals surface area contributed by atoms with Gasteiger partial charge in [-0.1, -0.05) is 48.5 Å². The van der Waals surface area contributed by atoms with Crippen molar-refractivity contribution in [3.05, 3.63) is 94.6 Å². The van der Waals surface area contributed by atoms with E-state index in [1.165, 1.54) is 0 Å². The fourth-order valence-electron chi connectivity index (χ4n) is 10.3. The molecule has 3 aliphatic rings. The van der Waals surface area contributed by atoms with Gasteiger partial charge in [-0.3, -0.25) is 19.3 Å². The number of benzene rings is 3. The van der Waals surface area contributed by atoms with Crippen molar-refractivity contribution in [1.29, 1.82) is 0 Å². The fraction of sp³-hybridized carbons (Fsp3) is 0.500. The first-order valence-corrected chi connectivity index (χ1v) is 21.5. The molecule has 6 unspecified atom stereocenters. The molecule has 0 amide bonds. The molecule has 6 N–H and O–H groups in total. The molecule has 3 fully saturated rings. The van der Waals surface area contributed by atoms with Gasteiger partial charge in [0.1, 0.15) is 11.6 Å². The Hall–Kier alpha value is -5.15. The van der Waals surface area contributed by atoms with Crippen LogP contribution in [0.2, 0.25) is 0 Å². The van der Waals surface area contributed by atoms with Crippen molar-refractivity contribution in [2.75, 3.05) is 39.3 Å². The summed E-state index contributed by atoms with van der Waals surface area (Å²) in [6.07, 6.45) is 3.69. The van der Waals surface area contributed by atoms with E-state index in [9.17, 15) is 29.7 Å². The minimum Gasteiger partial charge on any atom is -0.481 e. The minimum absolute atomic E-state index is 0.0543.